The van der Waals surface area contributed by atoms with E-state index in [0.717, 1.165) is 45.7 Å². The molecule has 6 heteroatoms. The van der Waals surface area contributed by atoms with Crippen LogP contribution in [-0.4, -0.2) is 61.3 Å². The summed E-state index contributed by atoms with van der Waals surface area (Å²) in [7, 11) is 0. The van der Waals surface area contributed by atoms with E-state index >= 15 is 0 Å². The third-order valence-electron chi connectivity index (χ3n) is 4.23. The lowest BCUT2D eigenvalue weighted by molar-refractivity contribution is -0.122. The van der Waals surface area contributed by atoms with Crippen molar-refractivity contribution in [2.45, 2.75) is 65.5 Å². The summed E-state index contributed by atoms with van der Waals surface area (Å²) in [6, 6.07) is -0.477. The van der Waals surface area contributed by atoms with Crippen LogP contribution in [0.4, 0.5) is 4.79 Å². The van der Waals surface area contributed by atoms with Crippen LogP contribution in [-0.2, 0) is 14.3 Å². The van der Waals surface area contributed by atoms with Crippen molar-refractivity contribution in [1.29, 1.82) is 0 Å². The van der Waals surface area contributed by atoms with Gasteiger partial charge in [-0.1, -0.05) is 20.3 Å². The number of carbonyl (C=O) groups excluding carboxylic acids is 2. The van der Waals surface area contributed by atoms with E-state index in [1.165, 1.54) is 0 Å². The zero-order valence-electron chi connectivity index (χ0n) is 15.9. The molecule has 0 aromatic rings. The van der Waals surface area contributed by atoms with E-state index in [9.17, 15) is 9.59 Å². The fraction of sp³-hybridized carbons (Fsp3) is 0.889. The van der Waals surface area contributed by atoms with Crippen molar-refractivity contribution in [2.24, 2.45) is 5.92 Å². The maximum Gasteiger partial charge on any atom is 0.408 e. The van der Waals surface area contributed by atoms with Gasteiger partial charge in [0.25, 0.3) is 0 Å². The molecule has 140 valence electrons. The van der Waals surface area contributed by atoms with Crippen LogP contribution in [0, 0.1) is 5.92 Å². The molecule has 1 aliphatic heterocycles. The van der Waals surface area contributed by atoms with Gasteiger partial charge in [-0.05, 0) is 39.7 Å². The van der Waals surface area contributed by atoms with Crippen molar-refractivity contribution >= 4 is 11.9 Å². The Bertz CT molecular complexity index is 400. The van der Waals surface area contributed by atoms with E-state index in [4.69, 9.17) is 9.47 Å². The van der Waals surface area contributed by atoms with Crippen LogP contribution in [0.5, 0.6) is 0 Å². The molecule has 0 aromatic carbocycles. The van der Waals surface area contributed by atoms with Crippen molar-refractivity contribution in [3.8, 4) is 0 Å². The van der Waals surface area contributed by atoms with Crippen LogP contribution < -0.4 is 5.32 Å². The molecule has 1 aliphatic rings. The number of nitrogens with zero attached hydrogens (tertiary/aromatic N) is 1. The molecule has 2 atom stereocenters. The minimum atomic E-state index is -0.566. The summed E-state index contributed by atoms with van der Waals surface area (Å²) in [6.45, 7) is 13.7. The van der Waals surface area contributed by atoms with Gasteiger partial charge in [0, 0.05) is 19.5 Å². The maximum absolute atomic E-state index is 12.6. The second-order valence-electron chi connectivity index (χ2n) is 7.53. The first-order chi connectivity index (χ1) is 11.2. The molecule has 0 aromatic heterocycles. The van der Waals surface area contributed by atoms with E-state index in [0.29, 0.717) is 6.42 Å². The first-order valence-electron chi connectivity index (χ1n) is 9.05. The fourth-order valence-electron chi connectivity index (χ4n) is 2.67. The second-order valence-corrected chi connectivity index (χ2v) is 7.53. The normalized spacial score (nSPS) is 18.7. The Balaban J connectivity index is 2.47. The Morgan fingerprint density at radius 3 is 2.42 bits per heavy atom. The lowest BCUT2D eigenvalue weighted by Gasteiger charge is -2.28. The first kappa shape index (κ1) is 20.9. The molecule has 0 spiro atoms. The fourth-order valence-corrected chi connectivity index (χ4v) is 2.67. The van der Waals surface area contributed by atoms with Crippen LogP contribution in [0.25, 0.3) is 0 Å². The van der Waals surface area contributed by atoms with Gasteiger partial charge in [-0.3, -0.25) is 9.69 Å². The Morgan fingerprint density at radius 1 is 1.25 bits per heavy atom. The van der Waals surface area contributed by atoms with Crippen molar-refractivity contribution in [1.82, 2.24) is 10.2 Å². The van der Waals surface area contributed by atoms with Crippen LogP contribution >= 0.6 is 0 Å². The van der Waals surface area contributed by atoms with Gasteiger partial charge in [-0.15, -0.1) is 0 Å². The average molecular weight is 342 g/mol. The van der Waals surface area contributed by atoms with E-state index in [-0.39, 0.29) is 11.7 Å². The second kappa shape index (κ2) is 9.99. The Morgan fingerprint density at radius 2 is 1.88 bits per heavy atom. The summed E-state index contributed by atoms with van der Waals surface area (Å²) in [4.78, 5) is 26.9. The minimum absolute atomic E-state index is 0.0865. The first-order valence-corrected chi connectivity index (χ1v) is 9.05. The highest BCUT2D eigenvalue weighted by molar-refractivity contribution is 5.87. The monoisotopic (exact) mass is 342 g/mol. The quantitative estimate of drug-likeness (QED) is 0.734. The number of ether oxygens (including phenoxy) is 2. The molecule has 6 nitrogen and oxygen atoms in total. The van der Waals surface area contributed by atoms with Gasteiger partial charge in [0.1, 0.15) is 5.60 Å². The number of hydrogen-bond acceptors (Lipinski definition) is 5. The number of Topliss-reactive ketones (excluding diaryl/α,β-unsaturated/α-hetero) is 1. The molecule has 1 rings (SSSR count). The molecular formula is C18H34N2O4. The molecule has 0 saturated carbocycles. The highest BCUT2D eigenvalue weighted by Gasteiger charge is 2.27. The molecule has 1 saturated heterocycles. The highest BCUT2D eigenvalue weighted by Crippen LogP contribution is 2.14. The molecule has 1 N–H and O–H groups in total. The molecule has 0 aliphatic carbocycles. The lowest BCUT2D eigenvalue weighted by atomic mass is 9.93. The Hall–Kier alpha value is -1.14. The smallest absolute Gasteiger partial charge is 0.408 e. The van der Waals surface area contributed by atoms with E-state index in [1.54, 1.807) is 0 Å². The summed E-state index contributed by atoms with van der Waals surface area (Å²) in [5, 5.41) is 2.77. The largest absolute Gasteiger partial charge is 0.444 e. The predicted octanol–water partition coefficient (Wildman–Crippen LogP) is 2.61. The van der Waals surface area contributed by atoms with Crippen molar-refractivity contribution in [2.75, 3.05) is 32.8 Å². The highest BCUT2D eigenvalue weighted by atomic mass is 16.6. The summed E-state index contributed by atoms with van der Waals surface area (Å²) in [5.74, 6) is 0.178. The van der Waals surface area contributed by atoms with Crippen LogP contribution in [0.2, 0.25) is 0 Å². The number of rotatable bonds is 8. The molecular weight excluding hydrogens is 308 g/mol. The number of carbonyl (C=O) groups is 2. The van der Waals surface area contributed by atoms with Crippen LogP contribution in [0.15, 0.2) is 0 Å². The molecule has 0 radical (unpaired) electrons. The van der Waals surface area contributed by atoms with Gasteiger partial charge in [-0.2, -0.15) is 0 Å². The van der Waals surface area contributed by atoms with Crippen LogP contribution in [0.1, 0.15) is 53.9 Å². The summed E-state index contributed by atoms with van der Waals surface area (Å²) >= 11 is 0. The Labute approximate surface area is 146 Å². The van der Waals surface area contributed by atoms with Gasteiger partial charge in [-0.25, -0.2) is 4.79 Å². The van der Waals surface area contributed by atoms with Gasteiger partial charge in [0.05, 0.1) is 19.3 Å². The zero-order valence-corrected chi connectivity index (χ0v) is 15.9. The number of hydrogen-bond donors (Lipinski definition) is 1. The minimum Gasteiger partial charge on any atom is -0.444 e. The number of ketones is 1. The topological polar surface area (TPSA) is 67.9 Å². The molecule has 24 heavy (non-hydrogen) atoms. The summed E-state index contributed by atoms with van der Waals surface area (Å²) in [5.41, 5.74) is -0.566. The van der Waals surface area contributed by atoms with Gasteiger partial charge in [0.2, 0.25) is 0 Å². The van der Waals surface area contributed by atoms with Crippen LogP contribution in [0.3, 0.4) is 0 Å². The number of nitrogens with one attached hydrogen (secondary N) is 1. The molecule has 1 heterocycles. The third-order valence-corrected chi connectivity index (χ3v) is 4.23. The number of morpholine rings is 1. The van der Waals surface area contributed by atoms with E-state index in [1.807, 2.05) is 34.6 Å². The summed E-state index contributed by atoms with van der Waals surface area (Å²) in [6.07, 6.45) is 1.59. The summed E-state index contributed by atoms with van der Waals surface area (Å²) < 4.78 is 10.6. The van der Waals surface area contributed by atoms with Crippen molar-refractivity contribution < 1.29 is 19.1 Å². The standard InChI is InChI=1S/C18H34N2O4/c1-6-14(2)16(19-17(22)24-18(3,4)5)15(21)8-7-9-20-10-12-23-13-11-20/h14,16H,6-13H2,1-5H3,(H,19,22)/t14-,16-/m0/s1. The SMILES string of the molecule is CC[C@H](C)[C@H](NC(=O)OC(C)(C)C)C(=O)CCCN1CCOCC1. The van der Waals surface area contributed by atoms with Gasteiger partial charge in [0.15, 0.2) is 5.78 Å². The van der Waals surface area contributed by atoms with Crippen molar-refractivity contribution in [3.05, 3.63) is 0 Å². The maximum atomic E-state index is 12.6. The third kappa shape index (κ3) is 8.11. The van der Waals surface area contributed by atoms with E-state index < -0.39 is 17.7 Å². The van der Waals surface area contributed by atoms with Gasteiger partial charge < -0.3 is 14.8 Å². The van der Waals surface area contributed by atoms with Gasteiger partial charge >= 0.3 is 6.09 Å². The van der Waals surface area contributed by atoms with E-state index in [2.05, 4.69) is 10.2 Å². The predicted molar refractivity (Wildman–Crippen MR) is 94.1 cm³/mol. The zero-order chi connectivity index (χ0) is 18.2. The average Bonchev–Trinajstić information content (AvgIpc) is 2.51. The molecule has 1 amide bonds. The number of alkyl carbamates (subject to hydrolysis) is 1. The number of amides is 1. The van der Waals surface area contributed by atoms with Crippen molar-refractivity contribution in [3.63, 3.8) is 0 Å². The molecule has 1 fully saturated rings. The molecule has 0 bridgehead atoms. The molecule has 0 unspecified atom stereocenters. The Kier molecular flexibility index (Phi) is 8.70. The lowest BCUT2D eigenvalue weighted by Crippen LogP contribution is -2.47.